The summed E-state index contributed by atoms with van der Waals surface area (Å²) < 4.78 is 22.2. The smallest absolute Gasteiger partial charge is 0.309 e. The summed E-state index contributed by atoms with van der Waals surface area (Å²) in [7, 11) is -3.58. The molecule has 7 nitrogen and oxygen atoms in total. The molecule has 0 radical (unpaired) electrons. The average Bonchev–Trinajstić information content (AvgIpc) is 1.99. The number of carboxylic acids is 1. The molecule has 8 heteroatoms. The summed E-state index contributed by atoms with van der Waals surface area (Å²) in [6.07, 6.45) is 0.529. The molecule has 1 aromatic heterocycles. The summed E-state index contributed by atoms with van der Waals surface area (Å²) in [5.74, 6) is -1.19. The van der Waals surface area contributed by atoms with E-state index in [2.05, 4.69) is 9.97 Å². The van der Waals surface area contributed by atoms with Gasteiger partial charge in [0.05, 0.1) is 12.1 Å². The van der Waals surface area contributed by atoms with Crippen molar-refractivity contribution in [1.82, 2.24) is 9.97 Å². The number of aliphatic carboxylic acids is 1. The lowest BCUT2D eigenvalue weighted by molar-refractivity contribution is -0.136. The Bertz CT molecular complexity index is 497. The molecule has 82 valence electrons. The number of nitrogens with zero attached hydrogens (tertiary/aromatic N) is 2. The molecule has 0 aliphatic carbocycles. The number of sulfone groups is 1. The summed E-state index contributed by atoms with van der Waals surface area (Å²) >= 11 is 0. The van der Waals surface area contributed by atoms with Gasteiger partial charge in [-0.15, -0.1) is 0 Å². The number of nitrogen functional groups attached to an aromatic ring is 1. The molecular weight excluding hydrogens is 222 g/mol. The van der Waals surface area contributed by atoms with Crippen LogP contribution in [0, 0.1) is 0 Å². The minimum Gasteiger partial charge on any atom is -0.481 e. The molecule has 0 aromatic carbocycles. The molecule has 1 rings (SSSR count). The van der Waals surface area contributed by atoms with Gasteiger partial charge in [0.15, 0.2) is 0 Å². The van der Waals surface area contributed by atoms with Crippen LogP contribution in [0.15, 0.2) is 11.2 Å². The zero-order valence-electron chi connectivity index (χ0n) is 7.84. The summed E-state index contributed by atoms with van der Waals surface area (Å²) in [4.78, 5) is 17.5. The van der Waals surface area contributed by atoms with E-state index in [1.807, 2.05) is 0 Å². The first-order valence-electron chi connectivity index (χ1n) is 3.84. The van der Waals surface area contributed by atoms with Crippen LogP contribution in [0.4, 0.5) is 5.82 Å². The van der Waals surface area contributed by atoms with Crippen LogP contribution in [0.5, 0.6) is 0 Å². The second-order valence-corrected chi connectivity index (χ2v) is 4.82. The van der Waals surface area contributed by atoms with Crippen molar-refractivity contribution < 1.29 is 18.3 Å². The fourth-order valence-corrected chi connectivity index (χ4v) is 1.46. The Morgan fingerprint density at radius 3 is 2.60 bits per heavy atom. The molecule has 0 saturated heterocycles. The van der Waals surface area contributed by atoms with E-state index < -0.39 is 27.4 Å². The molecular formula is C7H9N3O4S. The van der Waals surface area contributed by atoms with Crippen molar-refractivity contribution in [2.45, 2.75) is 11.6 Å². The van der Waals surface area contributed by atoms with Gasteiger partial charge in [-0.1, -0.05) is 0 Å². The fourth-order valence-electron chi connectivity index (χ4n) is 0.905. The third kappa shape index (κ3) is 3.17. The summed E-state index contributed by atoms with van der Waals surface area (Å²) in [6, 6.07) is 1.22. The van der Waals surface area contributed by atoms with E-state index in [9.17, 15) is 13.2 Å². The zero-order chi connectivity index (χ0) is 11.6. The van der Waals surface area contributed by atoms with Crippen molar-refractivity contribution in [2.24, 2.45) is 0 Å². The highest BCUT2D eigenvalue weighted by molar-refractivity contribution is 7.90. The Balaban J connectivity index is 3.23. The molecule has 0 atom stereocenters. The number of aromatic nitrogens is 2. The van der Waals surface area contributed by atoms with Gasteiger partial charge in [0, 0.05) is 12.3 Å². The molecule has 0 bridgehead atoms. The first-order chi connectivity index (χ1) is 6.79. The van der Waals surface area contributed by atoms with Crippen LogP contribution >= 0.6 is 0 Å². The number of carbonyl (C=O) groups is 1. The lowest BCUT2D eigenvalue weighted by Crippen LogP contribution is -2.11. The second-order valence-electron chi connectivity index (χ2n) is 2.91. The Hall–Kier alpha value is -1.70. The van der Waals surface area contributed by atoms with Crippen LogP contribution in [0.3, 0.4) is 0 Å². The van der Waals surface area contributed by atoms with Crippen molar-refractivity contribution >= 4 is 21.6 Å². The van der Waals surface area contributed by atoms with E-state index in [1.54, 1.807) is 0 Å². The fraction of sp³-hybridized carbons (Fsp3) is 0.286. The Labute approximate surface area is 85.9 Å². The highest BCUT2D eigenvalue weighted by atomic mass is 32.2. The number of hydrogen-bond donors (Lipinski definition) is 2. The van der Waals surface area contributed by atoms with Gasteiger partial charge >= 0.3 is 5.97 Å². The number of carboxylic acid groups (broad SMARTS) is 1. The lowest BCUT2D eigenvalue weighted by Gasteiger charge is -2.01. The molecule has 1 heterocycles. The molecule has 0 aliphatic rings. The van der Waals surface area contributed by atoms with E-state index in [4.69, 9.17) is 10.8 Å². The molecule has 0 aliphatic heterocycles. The summed E-state index contributed by atoms with van der Waals surface area (Å²) in [6.45, 7) is 0. The molecule has 0 amide bonds. The van der Waals surface area contributed by atoms with Gasteiger partial charge in [-0.2, -0.15) is 0 Å². The van der Waals surface area contributed by atoms with Crippen molar-refractivity contribution in [3.63, 3.8) is 0 Å². The van der Waals surface area contributed by atoms with Gasteiger partial charge in [-0.05, 0) is 0 Å². The standard InChI is InChI=1S/C7H9N3O4S/c1-15(13,14)7-9-4(3-6(11)12)2-5(8)10-7/h2H,3H2,1H3,(H,11,12)(H2,8,9,10). The Morgan fingerprint density at radius 2 is 2.13 bits per heavy atom. The maximum Gasteiger partial charge on any atom is 0.309 e. The topological polar surface area (TPSA) is 123 Å². The van der Waals surface area contributed by atoms with Crippen molar-refractivity contribution in [1.29, 1.82) is 0 Å². The summed E-state index contributed by atoms with van der Waals surface area (Å²) in [5.41, 5.74) is 5.39. The van der Waals surface area contributed by atoms with Crippen molar-refractivity contribution in [3.8, 4) is 0 Å². The minimum atomic E-state index is -3.58. The zero-order valence-corrected chi connectivity index (χ0v) is 8.65. The SMILES string of the molecule is CS(=O)(=O)c1nc(N)cc(CC(=O)O)n1. The predicted octanol–water partition coefficient (Wildman–Crippen LogP) is -0.911. The minimum absolute atomic E-state index is 0.0652. The molecule has 15 heavy (non-hydrogen) atoms. The highest BCUT2D eigenvalue weighted by Gasteiger charge is 2.14. The lowest BCUT2D eigenvalue weighted by atomic mass is 10.3. The van der Waals surface area contributed by atoms with Crippen LogP contribution in [-0.2, 0) is 21.1 Å². The maximum absolute atomic E-state index is 11.1. The molecule has 3 N–H and O–H groups in total. The van der Waals surface area contributed by atoms with Gasteiger partial charge in [0.25, 0.3) is 0 Å². The van der Waals surface area contributed by atoms with E-state index >= 15 is 0 Å². The summed E-state index contributed by atoms with van der Waals surface area (Å²) in [5, 5.41) is 8.04. The van der Waals surface area contributed by atoms with Crippen LogP contribution < -0.4 is 5.73 Å². The largest absolute Gasteiger partial charge is 0.481 e. The van der Waals surface area contributed by atoms with E-state index in [1.165, 1.54) is 6.07 Å². The van der Waals surface area contributed by atoms with Gasteiger partial charge < -0.3 is 10.8 Å². The normalized spacial score (nSPS) is 11.3. The molecule has 0 unspecified atom stereocenters. The third-order valence-electron chi connectivity index (χ3n) is 1.44. The number of rotatable bonds is 3. The first-order valence-corrected chi connectivity index (χ1v) is 5.73. The van der Waals surface area contributed by atoms with Crippen LogP contribution in [0.2, 0.25) is 0 Å². The van der Waals surface area contributed by atoms with Gasteiger partial charge in [0.2, 0.25) is 15.0 Å². The van der Waals surface area contributed by atoms with E-state index in [-0.39, 0.29) is 11.5 Å². The molecule has 0 fully saturated rings. The third-order valence-corrected chi connectivity index (χ3v) is 2.29. The Morgan fingerprint density at radius 1 is 1.53 bits per heavy atom. The quantitative estimate of drug-likeness (QED) is 0.645. The number of nitrogens with two attached hydrogens (primary N) is 1. The van der Waals surface area contributed by atoms with E-state index in [0.717, 1.165) is 6.26 Å². The van der Waals surface area contributed by atoms with Gasteiger partial charge in [-0.3, -0.25) is 4.79 Å². The highest BCUT2D eigenvalue weighted by Crippen LogP contribution is 2.08. The first kappa shape index (κ1) is 11.4. The number of hydrogen-bond acceptors (Lipinski definition) is 6. The van der Waals surface area contributed by atoms with Crippen LogP contribution in [0.1, 0.15) is 5.69 Å². The molecule has 0 saturated carbocycles. The van der Waals surface area contributed by atoms with Crippen LogP contribution in [-0.4, -0.2) is 35.7 Å². The maximum atomic E-state index is 11.1. The van der Waals surface area contributed by atoms with Crippen LogP contribution in [0.25, 0.3) is 0 Å². The van der Waals surface area contributed by atoms with E-state index in [0.29, 0.717) is 0 Å². The average molecular weight is 231 g/mol. The van der Waals surface area contributed by atoms with Gasteiger partial charge in [-0.25, -0.2) is 18.4 Å². The molecule has 1 aromatic rings. The molecule has 0 spiro atoms. The van der Waals surface area contributed by atoms with Crippen molar-refractivity contribution in [3.05, 3.63) is 11.8 Å². The second kappa shape index (κ2) is 3.81. The monoisotopic (exact) mass is 231 g/mol. The predicted molar refractivity (Wildman–Crippen MR) is 50.9 cm³/mol. The van der Waals surface area contributed by atoms with Crippen molar-refractivity contribution in [2.75, 3.05) is 12.0 Å². The number of anilines is 1. The Kier molecular flexibility index (Phi) is 2.89. The van der Waals surface area contributed by atoms with Gasteiger partial charge in [0.1, 0.15) is 5.82 Å².